The Balaban J connectivity index is 2.21. The van der Waals surface area contributed by atoms with Gasteiger partial charge >= 0.3 is 6.18 Å². The van der Waals surface area contributed by atoms with Crippen LogP contribution in [0.2, 0.25) is 0 Å². The van der Waals surface area contributed by atoms with E-state index in [1.54, 1.807) is 18.2 Å². The van der Waals surface area contributed by atoms with Crippen LogP contribution in [0, 0.1) is 0 Å². The molecule has 2 heterocycles. The predicted molar refractivity (Wildman–Crippen MR) is 79.4 cm³/mol. The van der Waals surface area contributed by atoms with Crippen LogP contribution in [0.4, 0.5) is 13.2 Å². The number of fused-ring (bicyclic) bond motifs is 1. The molecule has 0 saturated carbocycles. The Hall–Kier alpha value is -2.83. The molecular formula is C16H11F3N2O2. The minimum atomic E-state index is -4.56. The topological polar surface area (TPSA) is 55.0 Å². The lowest BCUT2D eigenvalue weighted by Crippen LogP contribution is -2.10. The SMILES string of the molecule is COc1ccc(-c2cc3ncccc3c(=O)[nH]2)cc1C(F)(F)F. The van der Waals surface area contributed by atoms with E-state index in [0.717, 1.165) is 6.07 Å². The lowest BCUT2D eigenvalue weighted by molar-refractivity contribution is -0.138. The van der Waals surface area contributed by atoms with E-state index in [2.05, 4.69) is 9.97 Å². The maximum absolute atomic E-state index is 13.1. The van der Waals surface area contributed by atoms with Crippen molar-refractivity contribution in [2.75, 3.05) is 7.11 Å². The molecule has 0 radical (unpaired) electrons. The Morgan fingerprint density at radius 3 is 2.65 bits per heavy atom. The van der Waals surface area contributed by atoms with Gasteiger partial charge in [-0.2, -0.15) is 13.2 Å². The first-order valence-electron chi connectivity index (χ1n) is 6.64. The Labute approximate surface area is 128 Å². The van der Waals surface area contributed by atoms with Crippen molar-refractivity contribution in [1.29, 1.82) is 0 Å². The molecule has 7 heteroatoms. The highest BCUT2D eigenvalue weighted by Crippen LogP contribution is 2.38. The van der Waals surface area contributed by atoms with Crippen LogP contribution >= 0.6 is 0 Å². The van der Waals surface area contributed by atoms with Crippen molar-refractivity contribution in [2.24, 2.45) is 0 Å². The van der Waals surface area contributed by atoms with Crippen LogP contribution in [-0.4, -0.2) is 17.1 Å². The Bertz CT molecular complexity index is 932. The number of aromatic nitrogens is 2. The van der Waals surface area contributed by atoms with Gasteiger partial charge in [-0.3, -0.25) is 9.78 Å². The lowest BCUT2D eigenvalue weighted by Gasteiger charge is -2.13. The number of benzene rings is 1. The number of ether oxygens (including phenoxy) is 1. The first kappa shape index (κ1) is 15.1. The zero-order valence-corrected chi connectivity index (χ0v) is 11.9. The van der Waals surface area contributed by atoms with E-state index in [-0.39, 0.29) is 17.0 Å². The number of rotatable bonds is 2. The molecule has 0 atom stereocenters. The van der Waals surface area contributed by atoms with E-state index < -0.39 is 17.3 Å². The molecule has 1 aromatic carbocycles. The number of nitrogens with zero attached hydrogens (tertiary/aromatic N) is 1. The largest absolute Gasteiger partial charge is 0.496 e. The van der Waals surface area contributed by atoms with Gasteiger partial charge in [0, 0.05) is 6.20 Å². The van der Waals surface area contributed by atoms with Gasteiger partial charge in [0.2, 0.25) is 0 Å². The van der Waals surface area contributed by atoms with Crippen LogP contribution in [0.5, 0.6) is 5.75 Å². The highest BCUT2D eigenvalue weighted by molar-refractivity contribution is 5.81. The highest BCUT2D eigenvalue weighted by atomic mass is 19.4. The summed E-state index contributed by atoms with van der Waals surface area (Å²) >= 11 is 0. The molecule has 3 rings (SSSR count). The minimum Gasteiger partial charge on any atom is -0.496 e. The fraction of sp³-hybridized carbons (Fsp3) is 0.125. The summed E-state index contributed by atoms with van der Waals surface area (Å²) in [6, 6.07) is 8.37. The maximum atomic E-state index is 13.1. The molecule has 0 aliphatic heterocycles. The number of H-pyrrole nitrogens is 1. The van der Waals surface area contributed by atoms with Gasteiger partial charge in [-0.15, -0.1) is 0 Å². The number of methoxy groups -OCH3 is 1. The van der Waals surface area contributed by atoms with E-state index >= 15 is 0 Å². The normalized spacial score (nSPS) is 11.7. The van der Waals surface area contributed by atoms with E-state index in [1.807, 2.05) is 0 Å². The van der Waals surface area contributed by atoms with E-state index in [0.29, 0.717) is 10.9 Å². The van der Waals surface area contributed by atoms with Gasteiger partial charge in [-0.25, -0.2) is 0 Å². The highest BCUT2D eigenvalue weighted by Gasteiger charge is 2.34. The first-order valence-corrected chi connectivity index (χ1v) is 6.64. The number of nitrogens with one attached hydrogen (secondary N) is 1. The summed E-state index contributed by atoms with van der Waals surface area (Å²) in [4.78, 5) is 18.7. The zero-order chi connectivity index (χ0) is 16.6. The number of hydrogen-bond donors (Lipinski definition) is 1. The monoisotopic (exact) mass is 320 g/mol. The molecule has 3 aromatic rings. The third-order valence-electron chi connectivity index (χ3n) is 3.43. The zero-order valence-electron chi connectivity index (χ0n) is 11.9. The van der Waals surface area contributed by atoms with Crippen LogP contribution in [0.3, 0.4) is 0 Å². The quantitative estimate of drug-likeness (QED) is 0.784. The molecule has 0 unspecified atom stereocenters. The summed E-state index contributed by atoms with van der Waals surface area (Å²) in [6.45, 7) is 0. The van der Waals surface area contributed by atoms with Crippen LogP contribution < -0.4 is 10.3 Å². The van der Waals surface area contributed by atoms with Crippen LogP contribution in [-0.2, 0) is 6.18 Å². The second kappa shape index (κ2) is 5.42. The standard InChI is InChI=1S/C16H11F3N2O2/c1-23-14-5-4-9(7-11(14)16(17,18)19)12-8-13-10(15(22)21-12)3-2-6-20-13/h2-8H,1H3,(H,21,22). The van der Waals surface area contributed by atoms with Gasteiger partial charge < -0.3 is 9.72 Å². The van der Waals surface area contributed by atoms with E-state index in [1.165, 1.54) is 25.4 Å². The minimum absolute atomic E-state index is 0.225. The summed E-state index contributed by atoms with van der Waals surface area (Å²) in [6.07, 6.45) is -3.04. The molecule has 0 fully saturated rings. The van der Waals surface area contributed by atoms with Gasteiger partial charge in [0.15, 0.2) is 0 Å². The van der Waals surface area contributed by atoms with Gasteiger partial charge in [-0.05, 0) is 42.0 Å². The fourth-order valence-corrected chi connectivity index (χ4v) is 2.34. The molecule has 0 spiro atoms. The summed E-state index contributed by atoms with van der Waals surface area (Å²) in [5, 5.41) is 0.376. The van der Waals surface area contributed by atoms with Crippen LogP contribution in [0.1, 0.15) is 5.56 Å². The number of aromatic amines is 1. The second-order valence-corrected chi connectivity index (χ2v) is 4.86. The number of halogens is 3. The van der Waals surface area contributed by atoms with Crippen molar-refractivity contribution >= 4 is 10.9 Å². The fourth-order valence-electron chi connectivity index (χ4n) is 2.34. The maximum Gasteiger partial charge on any atom is 0.419 e. The lowest BCUT2D eigenvalue weighted by atomic mass is 10.1. The molecule has 0 amide bonds. The molecule has 1 N–H and O–H groups in total. The van der Waals surface area contributed by atoms with E-state index in [4.69, 9.17) is 4.74 Å². The molecule has 0 aliphatic carbocycles. The molecular weight excluding hydrogens is 309 g/mol. The van der Waals surface area contributed by atoms with Gasteiger partial charge in [0.25, 0.3) is 5.56 Å². The van der Waals surface area contributed by atoms with Crippen molar-refractivity contribution in [3.63, 3.8) is 0 Å². The van der Waals surface area contributed by atoms with Gasteiger partial charge in [-0.1, -0.05) is 0 Å². The Morgan fingerprint density at radius 2 is 1.96 bits per heavy atom. The molecule has 2 aromatic heterocycles. The van der Waals surface area contributed by atoms with Crippen molar-refractivity contribution in [3.05, 3.63) is 58.5 Å². The van der Waals surface area contributed by atoms with Crippen molar-refractivity contribution in [2.45, 2.75) is 6.18 Å². The van der Waals surface area contributed by atoms with Gasteiger partial charge in [0.05, 0.1) is 29.3 Å². The number of alkyl halides is 3. The number of hydrogen-bond acceptors (Lipinski definition) is 3. The summed E-state index contributed by atoms with van der Waals surface area (Å²) in [5.41, 5.74) is -0.415. The second-order valence-electron chi connectivity index (χ2n) is 4.86. The Kier molecular flexibility index (Phi) is 3.55. The number of pyridine rings is 2. The van der Waals surface area contributed by atoms with Crippen molar-refractivity contribution in [1.82, 2.24) is 9.97 Å². The molecule has 23 heavy (non-hydrogen) atoms. The predicted octanol–water partition coefficient (Wildman–Crippen LogP) is 3.62. The van der Waals surface area contributed by atoms with Gasteiger partial charge in [0.1, 0.15) is 5.75 Å². The third-order valence-corrected chi connectivity index (χ3v) is 3.43. The van der Waals surface area contributed by atoms with Crippen molar-refractivity contribution < 1.29 is 17.9 Å². The molecule has 0 saturated heterocycles. The Morgan fingerprint density at radius 1 is 1.17 bits per heavy atom. The molecule has 118 valence electrons. The average Bonchev–Trinajstić information content (AvgIpc) is 2.53. The first-order chi connectivity index (χ1) is 10.9. The van der Waals surface area contributed by atoms with Crippen molar-refractivity contribution in [3.8, 4) is 17.0 Å². The summed E-state index contributed by atoms with van der Waals surface area (Å²) in [7, 11) is 1.17. The van der Waals surface area contributed by atoms with Crippen LogP contribution in [0.15, 0.2) is 47.4 Å². The molecule has 4 nitrogen and oxygen atoms in total. The average molecular weight is 320 g/mol. The van der Waals surface area contributed by atoms with Crippen LogP contribution in [0.25, 0.3) is 22.2 Å². The smallest absolute Gasteiger partial charge is 0.419 e. The summed E-state index contributed by atoms with van der Waals surface area (Å²) < 4.78 is 44.0. The third kappa shape index (κ3) is 2.77. The molecule has 0 bridgehead atoms. The van der Waals surface area contributed by atoms with E-state index in [9.17, 15) is 18.0 Å². The summed E-state index contributed by atoms with van der Waals surface area (Å²) in [5.74, 6) is -0.275. The molecule has 0 aliphatic rings.